The second kappa shape index (κ2) is 23.1. The van der Waals surface area contributed by atoms with E-state index in [1.165, 1.54) is 13.2 Å². The molecule has 24 unspecified atom stereocenters. The van der Waals surface area contributed by atoms with E-state index in [0.717, 1.165) is 0 Å². The molecule has 4 aliphatic heterocycles. The van der Waals surface area contributed by atoms with Gasteiger partial charge in [0, 0.05) is 31.9 Å². The number of carbonyl (C=O) groups excluding carboxylic acids is 1. The van der Waals surface area contributed by atoms with Crippen molar-refractivity contribution in [2.24, 2.45) is 17.8 Å². The highest BCUT2D eigenvalue weighted by Crippen LogP contribution is 2.44. The summed E-state index contributed by atoms with van der Waals surface area (Å²) in [6.45, 7) is -2.08. The predicted octanol–water partition coefficient (Wildman–Crippen LogP) is -5.55. The molecule has 7 aliphatic rings. The van der Waals surface area contributed by atoms with E-state index in [9.17, 15) is 71.2 Å². The van der Waals surface area contributed by atoms with Crippen LogP contribution in [-0.4, -0.2) is 245 Å². The van der Waals surface area contributed by atoms with Crippen LogP contribution in [0.25, 0.3) is 0 Å². The minimum Gasteiger partial charge on any atom is -0.460 e. The van der Waals surface area contributed by atoms with E-state index >= 15 is 0 Å². The Hall–Kier alpha value is -1.63. The Morgan fingerprint density at radius 3 is 1.80 bits per heavy atom. The number of allylic oxidation sites excluding steroid dienone is 1. The van der Waals surface area contributed by atoms with Crippen molar-refractivity contribution in [1.82, 2.24) is 0 Å². The Bertz CT molecular complexity index is 1550. The lowest BCUT2D eigenvalue weighted by Crippen LogP contribution is -2.66. The highest BCUT2D eigenvalue weighted by molar-refractivity contribution is 5.81. The molecule has 0 amide bonds. The molecule has 24 atom stereocenters. The average molecular weight is 956 g/mol. The van der Waals surface area contributed by atoms with Crippen molar-refractivity contribution < 1.29 is 114 Å². The van der Waals surface area contributed by atoms with Crippen LogP contribution in [0.5, 0.6) is 0 Å². The van der Waals surface area contributed by atoms with Gasteiger partial charge in [0.25, 0.3) is 0 Å². The maximum absolute atomic E-state index is 13.0. The van der Waals surface area contributed by atoms with E-state index in [-0.39, 0.29) is 31.1 Å². The number of rotatable bonds is 14. The molecule has 4 saturated heterocycles. The smallest absolute Gasteiger partial charge is 0.330 e. The summed E-state index contributed by atoms with van der Waals surface area (Å²) < 4.78 is 52.6. The molecule has 7 rings (SSSR count). The van der Waals surface area contributed by atoms with Crippen LogP contribution in [0, 0.1) is 17.8 Å². The van der Waals surface area contributed by atoms with Gasteiger partial charge in [-0.2, -0.15) is 0 Å². The first-order chi connectivity index (χ1) is 31.5. The van der Waals surface area contributed by atoms with Crippen molar-refractivity contribution in [2.45, 2.75) is 205 Å². The number of aliphatic hydroxyl groups excluding tert-OH is 13. The van der Waals surface area contributed by atoms with Crippen LogP contribution in [0.2, 0.25) is 0 Å². The fraction of sp³-hybridized carbons (Fsp3) is 0.930. The maximum atomic E-state index is 13.0. The third-order valence-electron chi connectivity index (χ3n) is 14.7. The number of carbonyl (C=O) groups is 1. The Balaban J connectivity index is 1.14. The summed E-state index contributed by atoms with van der Waals surface area (Å²) in [4.78, 5) is 13.0. The number of esters is 1. The molecule has 0 spiro atoms. The summed E-state index contributed by atoms with van der Waals surface area (Å²) in [5.41, 5.74) is 0. The summed E-state index contributed by atoms with van der Waals surface area (Å²) in [6.07, 6.45) is -23.8. The van der Waals surface area contributed by atoms with Crippen molar-refractivity contribution in [3.63, 3.8) is 0 Å². The fourth-order valence-corrected chi connectivity index (χ4v) is 10.8. The molecule has 0 aromatic rings. The van der Waals surface area contributed by atoms with Crippen LogP contribution < -0.4 is 0 Å². The van der Waals surface area contributed by atoms with Gasteiger partial charge in [-0.25, -0.2) is 4.79 Å². The molecule has 23 heteroatoms. The first kappa shape index (κ1) is 52.2. The number of ether oxygens (including phenoxy) is 9. The lowest BCUT2D eigenvalue weighted by Gasteiger charge is -2.50. The third kappa shape index (κ3) is 11.8. The van der Waals surface area contributed by atoms with E-state index in [4.69, 9.17) is 42.6 Å². The summed E-state index contributed by atoms with van der Waals surface area (Å²) >= 11 is 0. The molecule has 0 aromatic carbocycles. The van der Waals surface area contributed by atoms with Gasteiger partial charge >= 0.3 is 5.97 Å². The van der Waals surface area contributed by atoms with E-state index in [0.29, 0.717) is 44.9 Å². The van der Waals surface area contributed by atoms with Crippen molar-refractivity contribution in [3.05, 3.63) is 12.2 Å². The molecule has 7 fully saturated rings. The Labute approximate surface area is 381 Å². The number of methoxy groups -OCH3 is 1. The molecule has 380 valence electrons. The van der Waals surface area contributed by atoms with Crippen LogP contribution in [0.4, 0.5) is 0 Å². The number of hydrogen-bond acceptors (Lipinski definition) is 22. The van der Waals surface area contributed by atoms with Gasteiger partial charge in [-0.3, -0.25) is 0 Å². The van der Waals surface area contributed by atoms with Gasteiger partial charge in [0.2, 0.25) is 0 Å². The molecule has 66 heavy (non-hydrogen) atoms. The van der Waals surface area contributed by atoms with Gasteiger partial charge in [0.1, 0.15) is 86.0 Å². The van der Waals surface area contributed by atoms with Gasteiger partial charge < -0.3 is 109 Å². The van der Waals surface area contributed by atoms with Crippen molar-refractivity contribution in [2.75, 3.05) is 26.9 Å². The van der Waals surface area contributed by atoms with E-state index in [2.05, 4.69) is 0 Å². The average Bonchev–Trinajstić information content (AvgIpc) is 3.30. The van der Waals surface area contributed by atoms with Gasteiger partial charge in [-0.05, 0) is 57.3 Å². The van der Waals surface area contributed by atoms with E-state index < -0.39 is 173 Å². The van der Waals surface area contributed by atoms with Gasteiger partial charge in [0.15, 0.2) is 31.1 Å². The largest absolute Gasteiger partial charge is 0.460 e. The summed E-state index contributed by atoms with van der Waals surface area (Å²) in [7, 11) is 1.50. The first-order valence-electron chi connectivity index (χ1n) is 23.2. The van der Waals surface area contributed by atoms with Gasteiger partial charge in [-0.15, -0.1) is 0 Å². The van der Waals surface area contributed by atoms with E-state index in [1.807, 2.05) is 0 Å². The standard InChI is InChI=1S/C43H70O23/c1-58-25-10-17(2-8-22(25)48)3-9-30(49)59-16-29-33(52)36(55)40(66-42-38(57)35(54)32(51)28(15-45)64-42)43(65-29)62-26-13-21-23(60-39(26)18-4-6-19(46)7-5-18)11-20(47)12-24(21)61-41-37(56)34(53)31(50)27(14-44)63-41/h3,9,17-29,31-48,50-57H,2,4-8,10-16H2,1H3/p+1. The molecule has 0 bridgehead atoms. The Morgan fingerprint density at radius 1 is 0.591 bits per heavy atom. The van der Waals surface area contributed by atoms with Crippen molar-refractivity contribution in [3.8, 4) is 0 Å². The number of aliphatic hydroxyl groups is 15. The molecule has 23 nitrogen and oxygen atoms in total. The second-order valence-corrected chi connectivity index (χ2v) is 19.1. The second-order valence-electron chi connectivity index (χ2n) is 19.1. The zero-order valence-corrected chi connectivity index (χ0v) is 36.8. The van der Waals surface area contributed by atoms with Crippen molar-refractivity contribution in [1.29, 1.82) is 0 Å². The molecular weight excluding hydrogens is 884 g/mol. The maximum Gasteiger partial charge on any atom is 0.330 e. The molecule has 14 N–H and O–H groups in total. The molecular formula is C43H71O23+. The van der Waals surface area contributed by atoms with Gasteiger partial charge in [0.05, 0.1) is 49.7 Å². The minimum absolute atomic E-state index is 0.0317. The monoisotopic (exact) mass is 955 g/mol. The fourth-order valence-electron chi connectivity index (χ4n) is 10.8. The zero-order valence-electron chi connectivity index (χ0n) is 36.8. The van der Waals surface area contributed by atoms with Gasteiger partial charge in [-0.1, -0.05) is 6.08 Å². The molecule has 0 aromatic heterocycles. The first-order valence-corrected chi connectivity index (χ1v) is 23.2. The Kier molecular flexibility index (Phi) is 18.2. The molecule has 3 aliphatic carbocycles. The molecule has 4 heterocycles. The van der Waals surface area contributed by atoms with Crippen LogP contribution in [0.1, 0.15) is 64.2 Å². The number of hydrogen-bond donors (Lipinski definition) is 13. The molecule has 0 radical (unpaired) electrons. The zero-order chi connectivity index (χ0) is 47.6. The van der Waals surface area contributed by atoms with Crippen LogP contribution in [-0.2, 0) is 42.7 Å². The SMILES string of the molecule is COC1CC(C=CC(=O)OCC2OC(OC3CC4C(OC5OC(CO)C(O)C(O)C5O)CC(O)CC4[OH+]C3C3CCC(O)CC3)C(OC3OC(CO)C(O)C(O)C3O)C(O)C2O)CCC1O. The molecule has 3 saturated carbocycles. The topological polar surface area (TPSA) is 367 Å². The normalized spacial score (nSPS) is 50.5. The lowest BCUT2D eigenvalue weighted by atomic mass is 9.73. The van der Waals surface area contributed by atoms with Crippen LogP contribution in [0.3, 0.4) is 0 Å². The quantitative estimate of drug-likeness (QED) is 0.0439. The lowest BCUT2D eigenvalue weighted by molar-refractivity contribution is -0.389. The Morgan fingerprint density at radius 2 is 1.18 bits per heavy atom. The van der Waals surface area contributed by atoms with Crippen LogP contribution >= 0.6 is 0 Å². The minimum atomic E-state index is -1.93. The summed E-state index contributed by atoms with van der Waals surface area (Å²) in [5, 5.41) is 138. The van der Waals surface area contributed by atoms with E-state index in [1.54, 1.807) is 6.08 Å². The highest BCUT2D eigenvalue weighted by atomic mass is 16.8. The summed E-state index contributed by atoms with van der Waals surface area (Å²) in [5.74, 6) is -1.60. The van der Waals surface area contributed by atoms with Crippen molar-refractivity contribution >= 4 is 5.97 Å². The highest BCUT2D eigenvalue weighted by Gasteiger charge is 2.57. The number of fused-ring (bicyclic) bond motifs is 1. The summed E-state index contributed by atoms with van der Waals surface area (Å²) in [6, 6.07) is 0. The third-order valence-corrected chi connectivity index (χ3v) is 14.7. The van der Waals surface area contributed by atoms with Crippen LogP contribution in [0.15, 0.2) is 12.2 Å². The predicted molar refractivity (Wildman–Crippen MR) is 218 cm³/mol.